The number of amides is 1. The predicted octanol–water partition coefficient (Wildman–Crippen LogP) is 3.55. The summed E-state index contributed by atoms with van der Waals surface area (Å²) < 4.78 is 0. The number of hydrogen-bond donors (Lipinski definition) is 1. The van der Waals surface area contributed by atoms with E-state index in [1.807, 2.05) is 19.1 Å². The Labute approximate surface area is 152 Å². The number of benzene rings is 1. The van der Waals surface area contributed by atoms with Crippen molar-refractivity contribution >= 4 is 34.5 Å². The van der Waals surface area contributed by atoms with Gasteiger partial charge in [0.05, 0.1) is 6.04 Å². The van der Waals surface area contributed by atoms with Gasteiger partial charge in [-0.25, -0.2) is 0 Å². The summed E-state index contributed by atoms with van der Waals surface area (Å²) in [6.07, 6.45) is 0. The summed E-state index contributed by atoms with van der Waals surface area (Å²) in [6.45, 7) is 6.79. The molecule has 2 aromatic rings. The van der Waals surface area contributed by atoms with E-state index in [0.29, 0.717) is 5.02 Å². The van der Waals surface area contributed by atoms with Gasteiger partial charge in [-0.1, -0.05) is 23.7 Å². The first-order valence-corrected chi connectivity index (χ1v) is 9.43. The van der Waals surface area contributed by atoms with Crippen molar-refractivity contribution in [2.75, 3.05) is 31.5 Å². The first-order valence-electron chi connectivity index (χ1n) is 8.17. The summed E-state index contributed by atoms with van der Waals surface area (Å²) in [4.78, 5) is 18.5. The lowest BCUT2D eigenvalue weighted by atomic mass is 10.2. The van der Waals surface area contributed by atoms with Crippen LogP contribution in [0.1, 0.15) is 11.8 Å². The third kappa shape index (κ3) is 4.57. The fourth-order valence-corrected chi connectivity index (χ4v) is 3.85. The lowest BCUT2D eigenvalue weighted by Gasteiger charge is -2.37. The van der Waals surface area contributed by atoms with Crippen LogP contribution in [0.2, 0.25) is 5.02 Å². The maximum absolute atomic E-state index is 12.5. The van der Waals surface area contributed by atoms with Gasteiger partial charge in [0.25, 0.3) is 0 Å². The third-order valence-electron chi connectivity index (χ3n) is 4.39. The Balaban J connectivity index is 1.49. The number of carbonyl (C=O) groups is 1. The zero-order valence-corrected chi connectivity index (χ0v) is 15.3. The largest absolute Gasteiger partial charge is 0.325 e. The molecule has 6 heteroatoms. The van der Waals surface area contributed by atoms with Crippen LogP contribution < -0.4 is 5.32 Å². The van der Waals surface area contributed by atoms with Crippen LogP contribution in [0.25, 0.3) is 0 Å². The zero-order valence-electron chi connectivity index (χ0n) is 13.7. The molecule has 4 nitrogen and oxygen atoms in total. The lowest BCUT2D eigenvalue weighted by Crippen LogP contribution is -2.52. The SMILES string of the molecule is C[C@@H](C(=O)Nc1cccc(Cl)c1)N1CCN(Cc2cccs2)CC1. The van der Waals surface area contributed by atoms with Crippen molar-refractivity contribution in [3.8, 4) is 0 Å². The van der Waals surface area contributed by atoms with Crippen LogP contribution in [0.4, 0.5) is 5.69 Å². The predicted molar refractivity (Wildman–Crippen MR) is 101 cm³/mol. The average Bonchev–Trinajstić information content (AvgIpc) is 3.08. The van der Waals surface area contributed by atoms with E-state index in [0.717, 1.165) is 38.4 Å². The van der Waals surface area contributed by atoms with Crippen LogP contribution >= 0.6 is 22.9 Å². The molecule has 2 heterocycles. The summed E-state index contributed by atoms with van der Waals surface area (Å²) in [5.41, 5.74) is 0.746. The molecule has 1 aromatic heterocycles. The van der Waals surface area contributed by atoms with Crippen molar-refractivity contribution in [1.82, 2.24) is 9.80 Å². The molecule has 0 saturated carbocycles. The fourth-order valence-electron chi connectivity index (χ4n) is 2.91. The Kier molecular flexibility index (Phi) is 5.89. The summed E-state index contributed by atoms with van der Waals surface area (Å²) in [7, 11) is 0. The molecular weight excluding hydrogens is 342 g/mol. The van der Waals surface area contributed by atoms with Crippen molar-refractivity contribution in [3.63, 3.8) is 0 Å². The van der Waals surface area contributed by atoms with E-state index >= 15 is 0 Å². The molecule has 1 amide bonds. The summed E-state index contributed by atoms with van der Waals surface area (Å²) >= 11 is 7.77. The van der Waals surface area contributed by atoms with Crippen molar-refractivity contribution in [2.24, 2.45) is 0 Å². The normalized spacial score (nSPS) is 17.6. The molecule has 1 fully saturated rings. The second-order valence-electron chi connectivity index (χ2n) is 6.07. The second-order valence-corrected chi connectivity index (χ2v) is 7.54. The fraction of sp³-hybridized carbons (Fsp3) is 0.389. The Hall–Kier alpha value is -1.40. The minimum Gasteiger partial charge on any atom is -0.325 e. The number of carbonyl (C=O) groups excluding carboxylic acids is 1. The molecule has 0 unspecified atom stereocenters. The van der Waals surface area contributed by atoms with Crippen molar-refractivity contribution in [2.45, 2.75) is 19.5 Å². The van der Waals surface area contributed by atoms with Crippen LogP contribution in [0.15, 0.2) is 41.8 Å². The molecule has 1 saturated heterocycles. The van der Waals surface area contributed by atoms with Gasteiger partial charge in [0.15, 0.2) is 0 Å². The number of hydrogen-bond acceptors (Lipinski definition) is 4. The summed E-state index contributed by atoms with van der Waals surface area (Å²) in [5, 5.41) is 5.70. The molecule has 0 aliphatic carbocycles. The molecule has 3 rings (SSSR count). The molecule has 1 aromatic carbocycles. The standard InChI is InChI=1S/C18H22ClN3OS/c1-14(18(23)20-16-5-2-4-15(19)12-16)22-9-7-21(8-10-22)13-17-6-3-11-24-17/h2-6,11-12,14H,7-10,13H2,1H3,(H,20,23)/t14-/m0/s1. The Morgan fingerprint density at radius 2 is 2.04 bits per heavy atom. The number of anilines is 1. The van der Waals surface area contributed by atoms with Crippen molar-refractivity contribution in [3.05, 3.63) is 51.7 Å². The van der Waals surface area contributed by atoms with Crippen LogP contribution in [-0.2, 0) is 11.3 Å². The van der Waals surface area contributed by atoms with Crippen LogP contribution in [0.5, 0.6) is 0 Å². The van der Waals surface area contributed by atoms with E-state index in [1.165, 1.54) is 4.88 Å². The Morgan fingerprint density at radius 1 is 1.25 bits per heavy atom. The first-order chi connectivity index (χ1) is 11.6. The van der Waals surface area contributed by atoms with Gasteiger partial charge in [0.1, 0.15) is 0 Å². The van der Waals surface area contributed by atoms with Crippen molar-refractivity contribution < 1.29 is 4.79 Å². The maximum atomic E-state index is 12.5. The molecular formula is C18H22ClN3OS. The molecule has 0 spiro atoms. The summed E-state index contributed by atoms with van der Waals surface area (Å²) in [5.74, 6) is 0.0176. The Bertz CT molecular complexity index is 669. The highest BCUT2D eigenvalue weighted by Crippen LogP contribution is 2.17. The highest BCUT2D eigenvalue weighted by atomic mass is 35.5. The van der Waals surface area contributed by atoms with E-state index in [4.69, 9.17) is 11.6 Å². The molecule has 1 atom stereocenters. The van der Waals surface area contributed by atoms with Crippen LogP contribution in [0, 0.1) is 0 Å². The molecule has 1 aliphatic heterocycles. The molecule has 0 radical (unpaired) electrons. The number of nitrogens with one attached hydrogen (secondary N) is 1. The highest BCUT2D eigenvalue weighted by molar-refractivity contribution is 7.09. The average molecular weight is 364 g/mol. The molecule has 1 aliphatic rings. The van der Waals surface area contributed by atoms with Gasteiger partial charge in [-0.3, -0.25) is 14.6 Å². The van der Waals surface area contributed by atoms with Gasteiger partial charge in [-0.05, 0) is 36.6 Å². The van der Waals surface area contributed by atoms with Gasteiger partial charge in [-0.15, -0.1) is 11.3 Å². The quantitative estimate of drug-likeness (QED) is 0.882. The molecule has 0 bridgehead atoms. The number of thiophene rings is 1. The highest BCUT2D eigenvalue weighted by Gasteiger charge is 2.25. The minimum absolute atomic E-state index is 0.0176. The smallest absolute Gasteiger partial charge is 0.241 e. The number of rotatable bonds is 5. The third-order valence-corrected chi connectivity index (χ3v) is 5.48. The second kappa shape index (κ2) is 8.12. The number of piperazine rings is 1. The van der Waals surface area contributed by atoms with Gasteiger partial charge < -0.3 is 5.32 Å². The molecule has 24 heavy (non-hydrogen) atoms. The van der Waals surface area contributed by atoms with E-state index in [1.54, 1.807) is 23.5 Å². The minimum atomic E-state index is -0.145. The number of nitrogens with zero attached hydrogens (tertiary/aromatic N) is 2. The maximum Gasteiger partial charge on any atom is 0.241 e. The number of halogens is 1. The van der Waals surface area contributed by atoms with Gasteiger partial charge in [-0.2, -0.15) is 0 Å². The van der Waals surface area contributed by atoms with Crippen LogP contribution in [0.3, 0.4) is 0 Å². The lowest BCUT2D eigenvalue weighted by molar-refractivity contribution is -0.121. The van der Waals surface area contributed by atoms with Crippen molar-refractivity contribution in [1.29, 1.82) is 0 Å². The van der Waals surface area contributed by atoms with Crippen LogP contribution in [-0.4, -0.2) is 47.9 Å². The Morgan fingerprint density at radius 3 is 2.71 bits per heavy atom. The summed E-state index contributed by atoms with van der Waals surface area (Å²) in [6, 6.07) is 11.4. The van der Waals surface area contributed by atoms with E-state index in [9.17, 15) is 4.79 Å². The van der Waals surface area contributed by atoms with E-state index < -0.39 is 0 Å². The zero-order chi connectivity index (χ0) is 16.9. The van der Waals surface area contributed by atoms with Gasteiger partial charge in [0, 0.05) is 48.3 Å². The molecule has 128 valence electrons. The first kappa shape index (κ1) is 17.4. The molecule has 1 N–H and O–H groups in total. The topological polar surface area (TPSA) is 35.6 Å². The van der Waals surface area contributed by atoms with E-state index in [2.05, 4.69) is 32.6 Å². The van der Waals surface area contributed by atoms with Gasteiger partial charge in [0.2, 0.25) is 5.91 Å². The monoisotopic (exact) mass is 363 g/mol. The van der Waals surface area contributed by atoms with Gasteiger partial charge >= 0.3 is 0 Å². The van der Waals surface area contributed by atoms with E-state index in [-0.39, 0.29) is 11.9 Å².